The molecule has 1 N–H and O–H groups in total. The first-order chi connectivity index (χ1) is 6.90. The standard InChI is InChI=1S/C12H23NS/c1-13-12(10-7-8-10)9-14-11-5-3-2-4-6-11/h10-13H,2-9H2,1H3. The smallest absolute Gasteiger partial charge is 0.0183 e. The number of thioether (sulfide) groups is 1. The lowest BCUT2D eigenvalue weighted by Gasteiger charge is -2.23. The van der Waals surface area contributed by atoms with E-state index in [1.54, 1.807) is 0 Å². The molecule has 1 unspecified atom stereocenters. The summed E-state index contributed by atoms with van der Waals surface area (Å²) in [5, 5.41) is 4.47. The van der Waals surface area contributed by atoms with Crippen LogP contribution in [0.2, 0.25) is 0 Å². The lowest BCUT2D eigenvalue weighted by Crippen LogP contribution is -2.30. The first-order valence-electron chi connectivity index (χ1n) is 6.19. The van der Waals surface area contributed by atoms with E-state index >= 15 is 0 Å². The fourth-order valence-corrected chi connectivity index (χ4v) is 4.01. The quantitative estimate of drug-likeness (QED) is 0.753. The molecule has 0 radical (unpaired) electrons. The lowest BCUT2D eigenvalue weighted by atomic mass is 10.0. The van der Waals surface area contributed by atoms with Crippen molar-refractivity contribution >= 4 is 11.8 Å². The molecule has 0 aliphatic heterocycles. The van der Waals surface area contributed by atoms with Gasteiger partial charge in [0.1, 0.15) is 0 Å². The van der Waals surface area contributed by atoms with Gasteiger partial charge in [-0.3, -0.25) is 0 Å². The molecule has 2 heteroatoms. The highest BCUT2D eigenvalue weighted by atomic mass is 32.2. The number of rotatable bonds is 5. The molecule has 2 saturated carbocycles. The van der Waals surface area contributed by atoms with Gasteiger partial charge in [0.25, 0.3) is 0 Å². The molecular weight excluding hydrogens is 190 g/mol. The summed E-state index contributed by atoms with van der Waals surface area (Å²) in [4.78, 5) is 0. The Labute approximate surface area is 92.4 Å². The molecule has 0 aromatic heterocycles. The zero-order chi connectivity index (χ0) is 9.80. The summed E-state index contributed by atoms with van der Waals surface area (Å²) in [6.07, 6.45) is 10.3. The second-order valence-corrected chi connectivity index (χ2v) is 6.16. The summed E-state index contributed by atoms with van der Waals surface area (Å²) in [6, 6.07) is 0.807. The van der Waals surface area contributed by atoms with E-state index in [-0.39, 0.29) is 0 Å². The van der Waals surface area contributed by atoms with Crippen LogP contribution in [-0.4, -0.2) is 24.1 Å². The molecule has 1 nitrogen and oxygen atoms in total. The van der Waals surface area contributed by atoms with Gasteiger partial charge in [0, 0.05) is 17.0 Å². The van der Waals surface area contributed by atoms with Gasteiger partial charge < -0.3 is 5.32 Å². The van der Waals surface area contributed by atoms with Crippen molar-refractivity contribution in [3.05, 3.63) is 0 Å². The van der Waals surface area contributed by atoms with E-state index in [9.17, 15) is 0 Å². The molecule has 0 amide bonds. The van der Waals surface area contributed by atoms with E-state index in [0.717, 1.165) is 17.2 Å². The maximum atomic E-state index is 3.48. The third-order valence-corrected chi connectivity index (χ3v) is 5.12. The van der Waals surface area contributed by atoms with Gasteiger partial charge in [-0.15, -0.1) is 0 Å². The van der Waals surface area contributed by atoms with Gasteiger partial charge in [0.2, 0.25) is 0 Å². The Hall–Kier alpha value is 0.310. The van der Waals surface area contributed by atoms with Crippen LogP contribution in [0.4, 0.5) is 0 Å². The Morgan fingerprint density at radius 2 is 1.86 bits per heavy atom. The first kappa shape index (κ1) is 10.8. The Morgan fingerprint density at radius 1 is 1.14 bits per heavy atom. The van der Waals surface area contributed by atoms with Crippen LogP contribution in [0.5, 0.6) is 0 Å². The van der Waals surface area contributed by atoms with Gasteiger partial charge in [0.15, 0.2) is 0 Å². The second-order valence-electron chi connectivity index (χ2n) is 4.83. The van der Waals surface area contributed by atoms with Crippen LogP contribution in [0.3, 0.4) is 0 Å². The van der Waals surface area contributed by atoms with Crippen molar-refractivity contribution in [1.29, 1.82) is 0 Å². The molecule has 0 saturated heterocycles. The fraction of sp³-hybridized carbons (Fsp3) is 1.00. The van der Waals surface area contributed by atoms with E-state index in [1.165, 1.54) is 50.7 Å². The predicted molar refractivity (Wildman–Crippen MR) is 64.9 cm³/mol. The minimum atomic E-state index is 0.807. The van der Waals surface area contributed by atoms with E-state index in [1.807, 2.05) is 0 Å². The highest BCUT2D eigenvalue weighted by Crippen LogP contribution is 2.36. The van der Waals surface area contributed by atoms with Gasteiger partial charge in [-0.25, -0.2) is 0 Å². The van der Waals surface area contributed by atoms with Gasteiger partial charge in [-0.2, -0.15) is 11.8 Å². The van der Waals surface area contributed by atoms with E-state index in [2.05, 4.69) is 24.1 Å². The summed E-state index contributed by atoms with van der Waals surface area (Å²) >= 11 is 2.24. The first-order valence-corrected chi connectivity index (χ1v) is 7.24. The summed E-state index contributed by atoms with van der Waals surface area (Å²) in [5.41, 5.74) is 0. The zero-order valence-corrected chi connectivity index (χ0v) is 10.1. The lowest BCUT2D eigenvalue weighted by molar-refractivity contribution is 0.511. The van der Waals surface area contributed by atoms with Crippen molar-refractivity contribution in [2.45, 2.75) is 56.2 Å². The fourth-order valence-electron chi connectivity index (χ4n) is 2.43. The van der Waals surface area contributed by atoms with Gasteiger partial charge in [-0.05, 0) is 38.6 Å². The molecule has 0 aromatic rings. The van der Waals surface area contributed by atoms with Crippen LogP contribution in [-0.2, 0) is 0 Å². The molecule has 0 bridgehead atoms. The number of hydrogen-bond donors (Lipinski definition) is 1. The molecule has 14 heavy (non-hydrogen) atoms. The van der Waals surface area contributed by atoms with E-state index in [0.29, 0.717) is 0 Å². The minimum absolute atomic E-state index is 0.807. The van der Waals surface area contributed by atoms with Crippen molar-refractivity contribution in [2.75, 3.05) is 12.8 Å². The van der Waals surface area contributed by atoms with E-state index in [4.69, 9.17) is 0 Å². The molecule has 0 spiro atoms. The molecule has 1 atom stereocenters. The minimum Gasteiger partial charge on any atom is -0.316 e. The zero-order valence-electron chi connectivity index (χ0n) is 9.30. The third-order valence-electron chi connectivity index (χ3n) is 3.63. The molecule has 2 aliphatic rings. The summed E-state index contributed by atoms with van der Waals surface area (Å²) in [5.74, 6) is 2.36. The predicted octanol–water partition coefficient (Wildman–Crippen LogP) is 3.05. The maximum Gasteiger partial charge on any atom is 0.0183 e. The molecule has 2 rings (SSSR count). The second kappa shape index (κ2) is 5.41. The van der Waals surface area contributed by atoms with E-state index < -0.39 is 0 Å². The van der Waals surface area contributed by atoms with Gasteiger partial charge >= 0.3 is 0 Å². The Morgan fingerprint density at radius 3 is 2.43 bits per heavy atom. The van der Waals surface area contributed by atoms with Crippen LogP contribution in [0.1, 0.15) is 44.9 Å². The largest absolute Gasteiger partial charge is 0.316 e. The molecule has 82 valence electrons. The SMILES string of the molecule is CNC(CSC1CCCCC1)C1CC1. The Bertz CT molecular complexity index is 162. The molecule has 0 aromatic carbocycles. The van der Waals surface area contributed by atoms with Crippen molar-refractivity contribution in [3.63, 3.8) is 0 Å². The molecule has 2 fully saturated rings. The average molecular weight is 213 g/mol. The third kappa shape index (κ3) is 3.16. The number of hydrogen-bond acceptors (Lipinski definition) is 2. The van der Waals surface area contributed by atoms with Crippen LogP contribution in [0.15, 0.2) is 0 Å². The topological polar surface area (TPSA) is 12.0 Å². The highest BCUT2D eigenvalue weighted by Gasteiger charge is 2.30. The van der Waals surface area contributed by atoms with Crippen LogP contribution in [0, 0.1) is 5.92 Å². The maximum absolute atomic E-state index is 3.48. The van der Waals surface area contributed by atoms with Gasteiger partial charge in [0.05, 0.1) is 0 Å². The molecule has 0 heterocycles. The van der Waals surface area contributed by atoms with Crippen molar-refractivity contribution in [1.82, 2.24) is 5.32 Å². The normalized spacial score (nSPS) is 26.4. The Balaban J connectivity index is 1.63. The van der Waals surface area contributed by atoms with Crippen molar-refractivity contribution in [2.24, 2.45) is 5.92 Å². The van der Waals surface area contributed by atoms with Crippen LogP contribution < -0.4 is 5.32 Å². The average Bonchev–Trinajstić information content (AvgIpc) is 3.05. The van der Waals surface area contributed by atoms with Gasteiger partial charge in [-0.1, -0.05) is 19.3 Å². The summed E-state index contributed by atoms with van der Waals surface area (Å²) in [6.45, 7) is 0. The van der Waals surface area contributed by atoms with Crippen molar-refractivity contribution < 1.29 is 0 Å². The summed E-state index contributed by atoms with van der Waals surface area (Å²) in [7, 11) is 2.13. The molecular formula is C12H23NS. The monoisotopic (exact) mass is 213 g/mol. The molecule has 2 aliphatic carbocycles. The van der Waals surface area contributed by atoms with Crippen LogP contribution >= 0.6 is 11.8 Å². The Kier molecular flexibility index (Phi) is 4.18. The number of nitrogens with one attached hydrogen (secondary N) is 1. The summed E-state index contributed by atoms with van der Waals surface area (Å²) < 4.78 is 0. The van der Waals surface area contributed by atoms with Crippen molar-refractivity contribution in [3.8, 4) is 0 Å². The van der Waals surface area contributed by atoms with Crippen LogP contribution in [0.25, 0.3) is 0 Å². The highest BCUT2D eigenvalue weighted by molar-refractivity contribution is 7.99.